The summed E-state index contributed by atoms with van der Waals surface area (Å²) in [6.07, 6.45) is 8.21. The zero-order valence-electron chi connectivity index (χ0n) is 12.8. The van der Waals surface area contributed by atoms with Crippen molar-refractivity contribution in [2.24, 2.45) is 5.41 Å². The van der Waals surface area contributed by atoms with Gasteiger partial charge in [-0.1, -0.05) is 41.0 Å². The molecule has 0 spiro atoms. The number of nitrogens with one attached hydrogen (secondary N) is 1. The largest absolute Gasteiger partial charge is 0.354 e. The number of rotatable bonds is 7. The number of nitrogens with zero attached hydrogens (tertiary/aromatic N) is 1. The van der Waals surface area contributed by atoms with Crippen LogP contribution in [-0.2, 0) is 6.54 Å². The third-order valence-electron chi connectivity index (χ3n) is 3.32. The van der Waals surface area contributed by atoms with Gasteiger partial charge in [0.25, 0.3) is 0 Å². The minimum atomic E-state index is 0.412. The van der Waals surface area contributed by atoms with Gasteiger partial charge in [-0.25, -0.2) is 0 Å². The quantitative estimate of drug-likeness (QED) is 0.760. The second kappa shape index (κ2) is 6.98. The van der Waals surface area contributed by atoms with Gasteiger partial charge in [-0.15, -0.1) is 0 Å². The van der Waals surface area contributed by atoms with Gasteiger partial charge < -0.3 is 9.88 Å². The van der Waals surface area contributed by atoms with Crippen molar-refractivity contribution in [3.8, 4) is 0 Å². The molecule has 0 aliphatic heterocycles. The molecule has 18 heavy (non-hydrogen) atoms. The van der Waals surface area contributed by atoms with Gasteiger partial charge in [0.1, 0.15) is 0 Å². The lowest BCUT2D eigenvalue weighted by molar-refractivity contribution is 0.350. The van der Waals surface area contributed by atoms with E-state index in [1.165, 1.54) is 24.8 Å². The molecule has 0 saturated carbocycles. The molecular formula is C16H30N2. The molecule has 0 bridgehead atoms. The highest BCUT2D eigenvalue weighted by Crippen LogP contribution is 2.22. The van der Waals surface area contributed by atoms with Crippen molar-refractivity contribution >= 4 is 0 Å². The molecule has 1 atom stereocenters. The monoisotopic (exact) mass is 250 g/mol. The molecule has 0 fully saturated rings. The molecule has 1 N–H and O–H groups in total. The Labute approximate surface area is 113 Å². The van der Waals surface area contributed by atoms with Crippen LogP contribution < -0.4 is 5.32 Å². The van der Waals surface area contributed by atoms with Gasteiger partial charge in [0.05, 0.1) is 0 Å². The van der Waals surface area contributed by atoms with E-state index < -0.39 is 0 Å². The van der Waals surface area contributed by atoms with Gasteiger partial charge in [-0.05, 0) is 36.4 Å². The fourth-order valence-corrected chi connectivity index (χ4v) is 2.19. The Balaban J connectivity index is 2.60. The van der Waals surface area contributed by atoms with Crippen molar-refractivity contribution in [3.05, 3.63) is 24.0 Å². The fourth-order valence-electron chi connectivity index (χ4n) is 2.19. The molecule has 1 aromatic rings. The standard InChI is InChI=1S/C16H30N2/c1-6-8-15(17-7-2)14-9-11-18(13-14)12-10-16(3,4)5/h9,11,13,15,17H,6-8,10,12H2,1-5H3. The highest BCUT2D eigenvalue weighted by molar-refractivity contribution is 5.15. The van der Waals surface area contributed by atoms with Crippen molar-refractivity contribution in [3.63, 3.8) is 0 Å². The Bertz CT molecular complexity index is 327. The van der Waals surface area contributed by atoms with E-state index in [0.29, 0.717) is 11.5 Å². The van der Waals surface area contributed by atoms with Gasteiger partial charge in [0.2, 0.25) is 0 Å². The summed E-state index contributed by atoms with van der Waals surface area (Å²) >= 11 is 0. The Morgan fingerprint density at radius 2 is 2.00 bits per heavy atom. The minimum Gasteiger partial charge on any atom is -0.354 e. The fraction of sp³-hybridized carbons (Fsp3) is 0.750. The Kier molecular flexibility index (Phi) is 5.94. The SMILES string of the molecule is CCCC(NCC)c1ccn(CCC(C)(C)C)c1. The lowest BCUT2D eigenvalue weighted by atomic mass is 9.92. The van der Waals surface area contributed by atoms with Crippen LogP contribution in [0.1, 0.15) is 65.5 Å². The van der Waals surface area contributed by atoms with Crippen molar-refractivity contribution in [2.75, 3.05) is 6.54 Å². The average Bonchev–Trinajstić information content (AvgIpc) is 2.74. The van der Waals surface area contributed by atoms with Crippen LogP contribution in [0.4, 0.5) is 0 Å². The molecule has 2 heteroatoms. The van der Waals surface area contributed by atoms with Crippen LogP contribution in [-0.4, -0.2) is 11.1 Å². The Morgan fingerprint density at radius 1 is 1.28 bits per heavy atom. The molecule has 0 saturated heterocycles. The van der Waals surface area contributed by atoms with Gasteiger partial charge in [-0.3, -0.25) is 0 Å². The molecule has 1 unspecified atom stereocenters. The molecule has 1 heterocycles. The zero-order chi connectivity index (χ0) is 13.6. The van der Waals surface area contributed by atoms with Gasteiger partial charge in [0, 0.05) is 25.0 Å². The van der Waals surface area contributed by atoms with Crippen LogP contribution in [0.2, 0.25) is 0 Å². The summed E-state index contributed by atoms with van der Waals surface area (Å²) in [5.74, 6) is 0. The topological polar surface area (TPSA) is 17.0 Å². The van der Waals surface area contributed by atoms with E-state index in [0.717, 1.165) is 13.1 Å². The van der Waals surface area contributed by atoms with Crippen molar-refractivity contribution in [1.29, 1.82) is 0 Å². The molecule has 1 rings (SSSR count). The normalized spacial score (nSPS) is 13.8. The van der Waals surface area contributed by atoms with Gasteiger partial charge >= 0.3 is 0 Å². The molecular weight excluding hydrogens is 220 g/mol. The van der Waals surface area contributed by atoms with Gasteiger partial charge in [-0.2, -0.15) is 0 Å². The van der Waals surface area contributed by atoms with Crippen LogP contribution in [0.25, 0.3) is 0 Å². The first-order valence-electron chi connectivity index (χ1n) is 7.35. The van der Waals surface area contributed by atoms with Crippen LogP contribution in [0.5, 0.6) is 0 Å². The molecule has 1 aromatic heterocycles. The Hall–Kier alpha value is -0.760. The molecule has 104 valence electrons. The number of aromatic nitrogens is 1. The van der Waals surface area contributed by atoms with Crippen molar-refractivity contribution < 1.29 is 0 Å². The maximum atomic E-state index is 3.57. The van der Waals surface area contributed by atoms with Crippen molar-refractivity contribution in [2.45, 2.75) is 66.5 Å². The summed E-state index contributed by atoms with van der Waals surface area (Å²) in [5, 5.41) is 3.57. The average molecular weight is 250 g/mol. The minimum absolute atomic E-state index is 0.412. The molecule has 0 amide bonds. The Morgan fingerprint density at radius 3 is 2.56 bits per heavy atom. The van der Waals surface area contributed by atoms with E-state index in [1.807, 2.05) is 0 Å². The summed E-state index contributed by atoms with van der Waals surface area (Å²) in [6, 6.07) is 2.79. The maximum absolute atomic E-state index is 3.57. The van der Waals surface area contributed by atoms with Crippen molar-refractivity contribution in [1.82, 2.24) is 9.88 Å². The summed E-state index contributed by atoms with van der Waals surface area (Å²) in [6.45, 7) is 13.5. The predicted octanol–water partition coefficient (Wildman–Crippen LogP) is 4.38. The maximum Gasteiger partial charge on any atom is 0.0335 e. The van der Waals surface area contributed by atoms with Crippen LogP contribution >= 0.6 is 0 Å². The third-order valence-corrected chi connectivity index (χ3v) is 3.32. The first-order chi connectivity index (χ1) is 8.46. The molecule has 0 radical (unpaired) electrons. The summed E-state index contributed by atoms with van der Waals surface area (Å²) in [7, 11) is 0. The van der Waals surface area contributed by atoms with E-state index in [4.69, 9.17) is 0 Å². The molecule has 2 nitrogen and oxygen atoms in total. The molecule has 0 aliphatic rings. The number of aryl methyl sites for hydroxylation is 1. The lowest BCUT2D eigenvalue weighted by Gasteiger charge is -2.18. The van der Waals surface area contributed by atoms with Crippen LogP contribution in [0.3, 0.4) is 0 Å². The van der Waals surface area contributed by atoms with E-state index in [9.17, 15) is 0 Å². The predicted molar refractivity (Wildman–Crippen MR) is 79.8 cm³/mol. The van der Waals surface area contributed by atoms with Crippen LogP contribution in [0, 0.1) is 5.41 Å². The second-order valence-electron chi connectivity index (χ2n) is 6.39. The third kappa shape index (κ3) is 5.26. The molecule has 0 aliphatic carbocycles. The highest BCUT2D eigenvalue weighted by atomic mass is 15.0. The van der Waals surface area contributed by atoms with Gasteiger partial charge in [0.15, 0.2) is 0 Å². The second-order valence-corrected chi connectivity index (χ2v) is 6.39. The number of hydrogen-bond donors (Lipinski definition) is 1. The smallest absolute Gasteiger partial charge is 0.0335 e. The van der Waals surface area contributed by atoms with E-state index in [2.05, 4.69) is 63.0 Å². The van der Waals surface area contributed by atoms with Crippen LogP contribution in [0.15, 0.2) is 18.5 Å². The highest BCUT2D eigenvalue weighted by Gasteiger charge is 2.12. The van der Waals surface area contributed by atoms with E-state index in [1.54, 1.807) is 0 Å². The lowest BCUT2D eigenvalue weighted by Crippen LogP contribution is -2.20. The molecule has 0 aromatic carbocycles. The summed E-state index contributed by atoms with van der Waals surface area (Å²) in [5.41, 5.74) is 1.85. The summed E-state index contributed by atoms with van der Waals surface area (Å²) < 4.78 is 2.33. The summed E-state index contributed by atoms with van der Waals surface area (Å²) in [4.78, 5) is 0. The first kappa shape index (κ1) is 15.3. The number of hydrogen-bond acceptors (Lipinski definition) is 1. The van der Waals surface area contributed by atoms with E-state index in [-0.39, 0.29) is 0 Å². The zero-order valence-corrected chi connectivity index (χ0v) is 12.8. The first-order valence-corrected chi connectivity index (χ1v) is 7.35. The van der Waals surface area contributed by atoms with E-state index >= 15 is 0 Å².